The predicted octanol–water partition coefficient (Wildman–Crippen LogP) is 2.26. The Labute approximate surface area is 130 Å². The van der Waals surface area contributed by atoms with Gasteiger partial charge < -0.3 is 10.1 Å². The van der Waals surface area contributed by atoms with Gasteiger partial charge >= 0.3 is 6.09 Å². The van der Waals surface area contributed by atoms with Crippen molar-refractivity contribution in [2.45, 2.75) is 50.0 Å². The predicted molar refractivity (Wildman–Crippen MR) is 82.1 cm³/mol. The summed E-state index contributed by atoms with van der Waals surface area (Å²) < 4.78 is 31.1. The standard InChI is InChI=1S/C14H21N3O4S/c1-2-21-14(18)17-22(19,20)13-10-15-9-8-12(13)16-11-6-4-3-5-7-11/h8-11H,2-7H2,1H3,(H,15,16)(H,17,18). The minimum absolute atomic E-state index is 0.0476. The summed E-state index contributed by atoms with van der Waals surface area (Å²) in [6.45, 7) is 1.70. The molecule has 122 valence electrons. The number of sulfonamides is 1. The molecule has 1 amide bonds. The molecule has 2 rings (SSSR count). The fourth-order valence-corrected chi connectivity index (χ4v) is 3.51. The lowest BCUT2D eigenvalue weighted by Gasteiger charge is -2.24. The van der Waals surface area contributed by atoms with Crippen molar-refractivity contribution >= 4 is 21.8 Å². The van der Waals surface area contributed by atoms with Gasteiger partial charge in [0.25, 0.3) is 10.0 Å². The number of carbonyl (C=O) groups excluding carboxylic acids is 1. The summed E-state index contributed by atoms with van der Waals surface area (Å²) >= 11 is 0. The average molecular weight is 327 g/mol. The van der Waals surface area contributed by atoms with Gasteiger partial charge in [0.1, 0.15) is 4.90 Å². The van der Waals surface area contributed by atoms with Crippen LogP contribution in [0.2, 0.25) is 0 Å². The zero-order valence-electron chi connectivity index (χ0n) is 12.5. The number of nitrogens with zero attached hydrogens (tertiary/aromatic N) is 1. The second-order valence-corrected chi connectivity index (χ2v) is 6.83. The maximum Gasteiger partial charge on any atom is 0.421 e. The van der Waals surface area contributed by atoms with Gasteiger partial charge in [-0.05, 0) is 25.8 Å². The molecule has 1 aromatic rings. The van der Waals surface area contributed by atoms with Crippen LogP contribution in [0, 0.1) is 0 Å². The van der Waals surface area contributed by atoms with Gasteiger partial charge in [-0.25, -0.2) is 17.9 Å². The van der Waals surface area contributed by atoms with E-state index in [-0.39, 0.29) is 17.5 Å². The Kier molecular flexibility index (Phi) is 5.59. The molecular weight excluding hydrogens is 306 g/mol. The smallest absolute Gasteiger partial charge is 0.421 e. The van der Waals surface area contributed by atoms with E-state index in [1.54, 1.807) is 13.0 Å². The highest BCUT2D eigenvalue weighted by molar-refractivity contribution is 7.90. The molecule has 1 aliphatic carbocycles. The SMILES string of the molecule is CCOC(=O)NS(=O)(=O)c1cnccc1NC1CCCCC1. The third-order valence-electron chi connectivity index (χ3n) is 3.53. The van der Waals surface area contributed by atoms with Crippen LogP contribution in [0.25, 0.3) is 0 Å². The van der Waals surface area contributed by atoms with Crippen LogP contribution in [-0.4, -0.2) is 32.1 Å². The van der Waals surface area contributed by atoms with Crippen LogP contribution >= 0.6 is 0 Å². The van der Waals surface area contributed by atoms with Crippen molar-refractivity contribution in [3.05, 3.63) is 18.5 Å². The Hall–Kier alpha value is -1.83. The molecule has 0 saturated heterocycles. The fraction of sp³-hybridized carbons (Fsp3) is 0.571. The van der Waals surface area contributed by atoms with Crippen LogP contribution in [-0.2, 0) is 14.8 Å². The zero-order valence-corrected chi connectivity index (χ0v) is 13.4. The molecule has 0 atom stereocenters. The summed E-state index contributed by atoms with van der Waals surface area (Å²) in [5, 5.41) is 3.25. The molecular formula is C14H21N3O4S. The maximum absolute atomic E-state index is 12.3. The first-order valence-corrected chi connectivity index (χ1v) is 8.91. The van der Waals surface area contributed by atoms with Gasteiger partial charge in [0.2, 0.25) is 0 Å². The Morgan fingerprint density at radius 3 is 2.77 bits per heavy atom. The monoisotopic (exact) mass is 327 g/mol. The summed E-state index contributed by atoms with van der Waals surface area (Å²) in [6.07, 6.45) is 7.25. The van der Waals surface area contributed by atoms with Crippen LogP contribution in [0.1, 0.15) is 39.0 Å². The molecule has 2 N–H and O–H groups in total. The number of aromatic nitrogens is 1. The van der Waals surface area contributed by atoms with Crippen molar-refractivity contribution in [2.75, 3.05) is 11.9 Å². The first-order valence-electron chi connectivity index (χ1n) is 7.43. The average Bonchev–Trinajstić information content (AvgIpc) is 2.48. The van der Waals surface area contributed by atoms with E-state index in [2.05, 4.69) is 15.0 Å². The first kappa shape index (κ1) is 16.5. The molecule has 0 spiro atoms. The van der Waals surface area contributed by atoms with Crippen molar-refractivity contribution in [3.63, 3.8) is 0 Å². The number of carbonyl (C=O) groups is 1. The molecule has 0 aromatic carbocycles. The second kappa shape index (κ2) is 7.44. The lowest BCUT2D eigenvalue weighted by molar-refractivity contribution is 0.158. The van der Waals surface area contributed by atoms with Crippen molar-refractivity contribution < 1.29 is 17.9 Å². The third kappa shape index (κ3) is 4.33. The summed E-state index contributed by atoms with van der Waals surface area (Å²) in [5.74, 6) is 0. The molecule has 7 nitrogen and oxygen atoms in total. The van der Waals surface area contributed by atoms with Crippen LogP contribution in [0.5, 0.6) is 0 Å². The molecule has 0 radical (unpaired) electrons. The molecule has 22 heavy (non-hydrogen) atoms. The Morgan fingerprint density at radius 1 is 1.36 bits per heavy atom. The summed E-state index contributed by atoms with van der Waals surface area (Å²) in [5.41, 5.74) is 0.457. The van der Waals surface area contributed by atoms with Crippen LogP contribution < -0.4 is 10.0 Å². The van der Waals surface area contributed by atoms with E-state index in [1.165, 1.54) is 18.8 Å². The van der Waals surface area contributed by atoms with Gasteiger partial charge in [-0.1, -0.05) is 19.3 Å². The molecule has 1 saturated carbocycles. The molecule has 0 bridgehead atoms. The number of amides is 1. The van der Waals surface area contributed by atoms with Gasteiger partial charge in [-0.15, -0.1) is 0 Å². The molecule has 0 unspecified atom stereocenters. The number of ether oxygens (including phenoxy) is 1. The molecule has 1 heterocycles. The van der Waals surface area contributed by atoms with Crippen molar-refractivity contribution in [2.24, 2.45) is 0 Å². The molecule has 8 heteroatoms. The molecule has 1 aliphatic rings. The minimum Gasteiger partial charge on any atom is -0.449 e. The van der Waals surface area contributed by atoms with Gasteiger partial charge in [0.15, 0.2) is 0 Å². The lowest BCUT2D eigenvalue weighted by Crippen LogP contribution is -2.32. The number of nitrogens with one attached hydrogen (secondary N) is 2. The molecule has 1 fully saturated rings. The van der Waals surface area contributed by atoms with Gasteiger partial charge in [-0.2, -0.15) is 0 Å². The Bertz CT molecular complexity index is 612. The lowest BCUT2D eigenvalue weighted by atomic mass is 9.95. The quantitative estimate of drug-likeness (QED) is 0.861. The molecule has 0 aliphatic heterocycles. The van der Waals surface area contributed by atoms with Crippen molar-refractivity contribution in [3.8, 4) is 0 Å². The Morgan fingerprint density at radius 2 is 2.09 bits per heavy atom. The van der Waals surface area contributed by atoms with Gasteiger partial charge in [0.05, 0.1) is 12.3 Å². The summed E-state index contributed by atoms with van der Waals surface area (Å²) in [4.78, 5) is 15.2. The Balaban J connectivity index is 2.17. The van der Waals surface area contributed by atoms with E-state index in [9.17, 15) is 13.2 Å². The van der Waals surface area contributed by atoms with Gasteiger partial charge in [0, 0.05) is 18.4 Å². The fourth-order valence-electron chi connectivity index (χ4n) is 2.51. The molecule has 1 aromatic heterocycles. The zero-order chi connectivity index (χ0) is 16.0. The normalized spacial score (nSPS) is 16.0. The largest absolute Gasteiger partial charge is 0.449 e. The summed E-state index contributed by atoms with van der Waals surface area (Å²) in [7, 11) is -4.01. The third-order valence-corrected chi connectivity index (χ3v) is 4.87. The number of hydrogen-bond donors (Lipinski definition) is 2. The van der Waals surface area contributed by atoms with Crippen LogP contribution in [0.4, 0.5) is 10.5 Å². The maximum atomic E-state index is 12.3. The number of hydrogen-bond acceptors (Lipinski definition) is 6. The van der Waals surface area contributed by atoms with E-state index in [1.807, 2.05) is 4.72 Å². The van der Waals surface area contributed by atoms with E-state index < -0.39 is 16.1 Å². The van der Waals surface area contributed by atoms with E-state index in [4.69, 9.17) is 0 Å². The highest BCUT2D eigenvalue weighted by Gasteiger charge is 2.24. The minimum atomic E-state index is -4.01. The second-order valence-electron chi connectivity index (χ2n) is 5.18. The highest BCUT2D eigenvalue weighted by Crippen LogP contribution is 2.25. The number of anilines is 1. The van der Waals surface area contributed by atoms with E-state index in [0.29, 0.717) is 5.69 Å². The van der Waals surface area contributed by atoms with Crippen LogP contribution in [0.3, 0.4) is 0 Å². The first-order chi connectivity index (χ1) is 10.5. The van der Waals surface area contributed by atoms with E-state index in [0.717, 1.165) is 25.7 Å². The number of pyridine rings is 1. The summed E-state index contributed by atoms with van der Waals surface area (Å²) in [6, 6.07) is 1.85. The van der Waals surface area contributed by atoms with Gasteiger partial charge in [-0.3, -0.25) is 4.98 Å². The van der Waals surface area contributed by atoms with E-state index >= 15 is 0 Å². The van der Waals surface area contributed by atoms with Crippen LogP contribution in [0.15, 0.2) is 23.4 Å². The van der Waals surface area contributed by atoms with Crippen molar-refractivity contribution in [1.82, 2.24) is 9.71 Å². The van der Waals surface area contributed by atoms with Crippen molar-refractivity contribution in [1.29, 1.82) is 0 Å². The highest BCUT2D eigenvalue weighted by atomic mass is 32.2. The number of rotatable bonds is 5. The topological polar surface area (TPSA) is 97.4 Å².